The molecule has 0 radical (unpaired) electrons. The molecule has 1 aliphatic rings. The molecule has 1 unspecified atom stereocenters. The molecule has 3 heterocycles. The summed E-state index contributed by atoms with van der Waals surface area (Å²) < 4.78 is 0.345. The summed E-state index contributed by atoms with van der Waals surface area (Å²) in [6.45, 7) is 3.52. The van der Waals surface area contributed by atoms with E-state index < -0.39 is 4.92 Å². The zero-order valence-electron chi connectivity index (χ0n) is 18.1. The molecule has 1 atom stereocenters. The van der Waals surface area contributed by atoms with Crippen molar-refractivity contribution in [2.45, 2.75) is 28.5 Å². The number of nitrogens with zero attached hydrogens (tertiary/aromatic N) is 3. The second kappa shape index (κ2) is 11.5. The number of nitro groups is 1. The molecule has 1 aliphatic heterocycles. The van der Waals surface area contributed by atoms with Crippen molar-refractivity contribution < 1.29 is 9.72 Å². The van der Waals surface area contributed by atoms with Crippen LogP contribution in [0.25, 0.3) is 0 Å². The zero-order valence-corrected chi connectivity index (χ0v) is 21.2. The topological polar surface area (TPSA) is 88.4 Å². The van der Waals surface area contributed by atoms with Crippen molar-refractivity contribution in [1.82, 2.24) is 15.2 Å². The van der Waals surface area contributed by atoms with Crippen molar-refractivity contribution in [3.8, 4) is 0 Å². The third-order valence-electron chi connectivity index (χ3n) is 5.56. The van der Waals surface area contributed by atoms with Crippen molar-refractivity contribution in [3.63, 3.8) is 0 Å². The van der Waals surface area contributed by atoms with Gasteiger partial charge in [-0.2, -0.15) is 0 Å². The fourth-order valence-electron chi connectivity index (χ4n) is 3.88. The molecule has 0 aliphatic carbocycles. The van der Waals surface area contributed by atoms with Gasteiger partial charge in [0.2, 0.25) is 0 Å². The van der Waals surface area contributed by atoms with Crippen LogP contribution < -0.4 is 5.32 Å². The van der Waals surface area contributed by atoms with Crippen LogP contribution >= 0.6 is 46.3 Å². The van der Waals surface area contributed by atoms with Crippen molar-refractivity contribution in [2.75, 3.05) is 19.6 Å². The van der Waals surface area contributed by atoms with Crippen molar-refractivity contribution in [3.05, 3.63) is 79.4 Å². The van der Waals surface area contributed by atoms with Crippen LogP contribution in [0, 0.1) is 16.0 Å². The average Bonchev–Trinajstić information content (AvgIpc) is 3.44. The van der Waals surface area contributed by atoms with Gasteiger partial charge in [-0.3, -0.25) is 24.8 Å². The Kier molecular flexibility index (Phi) is 8.44. The Morgan fingerprint density at radius 2 is 2.00 bits per heavy atom. The van der Waals surface area contributed by atoms with E-state index >= 15 is 0 Å². The Morgan fingerprint density at radius 3 is 2.71 bits per heavy atom. The molecule has 1 N–H and O–H groups in total. The number of likely N-dealkylation sites (tertiary alicyclic amines) is 1. The number of carbonyl (C=O) groups excluding carboxylic acids is 1. The van der Waals surface area contributed by atoms with Gasteiger partial charge in [-0.25, -0.2) is 0 Å². The maximum Gasteiger partial charge on any atom is 0.294 e. The van der Waals surface area contributed by atoms with Crippen LogP contribution in [-0.2, 0) is 6.54 Å². The Balaban J connectivity index is 1.32. The number of aromatic nitrogens is 1. The number of nitrogens with one attached hydrogen (secondary N) is 1. The van der Waals surface area contributed by atoms with Crippen molar-refractivity contribution >= 4 is 57.9 Å². The molecule has 2 aromatic heterocycles. The fourth-order valence-corrected chi connectivity index (χ4v) is 6.66. The predicted octanol–water partition coefficient (Wildman–Crippen LogP) is 6.15. The average molecular weight is 537 g/mol. The molecule has 0 saturated carbocycles. The molecule has 11 heteroatoms. The Hall–Kier alpha value is -2.17. The molecule has 34 heavy (non-hydrogen) atoms. The molecule has 1 aromatic carbocycles. The van der Waals surface area contributed by atoms with Gasteiger partial charge >= 0.3 is 0 Å². The first-order chi connectivity index (χ1) is 16.4. The fraction of sp³-hybridized carbons (Fsp3) is 0.304. The maximum atomic E-state index is 12.7. The number of hydrogen-bond donors (Lipinski definition) is 1. The summed E-state index contributed by atoms with van der Waals surface area (Å²) in [7, 11) is 0. The summed E-state index contributed by atoms with van der Waals surface area (Å²) in [5.41, 5.74) is 1.16. The zero-order chi connectivity index (χ0) is 24.1. The highest BCUT2D eigenvalue weighted by molar-refractivity contribution is 8.01. The SMILES string of the molecule is O=C(NCCC1CCN(Cc2ccccc2)C1)c1cc([N+](=O)[O-])c(Sc2c(Cl)cncc2Cl)s1. The predicted molar refractivity (Wildman–Crippen MR) is 136 cm³/mol. The molecule has 7 nitrogen and oxygen atoms in total. The van der Waals surface area contributed by atoms with Gasteiger partial charge in [0.15, 0.2) is 0 Å². The lowest BCUT2D eigenvalue weighted by atomic mass is 10.1. The highest BCUT2D eigenvalue weighted by Crippen LogP contribution is 2.45. The van der Waals surface area contributed by atoms with Crippen LogP contribution in [0.1, 0.15) is 28.1 Å². The molecule has 1 saturated heterocycles. The minimum atomic E-state index is -0.502. The Labute approximate surface area is 215 Å². The van der Waals surface area contributed by atoms with E-state index in [-0.39, 0.29) is 16.5 Å². The third kappa shape index (κ3) is 6.28. The van der Waals surface area contributed by atoms with E-state index in [4.69, 9.17) is 23.2 Å². The van der Waals surface area contributed by atoms with Gasteiger partial charge in [0, 0.05) is 38.1 Å². The molecule has 0 spiro atoms. The molecule has 4 rings (SSSR count). The van der Waals surface area contributed by atoms with Gasteiger partial charge in [0.05, 0.1) is 19.9 Å². The summed E-state index contributed by atoms with van der Waals surface area (Å²) in [5, 5.41) is 15.1. The molecule has 3 aromatic rings. The Morgan fingerprint density at radius 1 is 1.26 bits per heavy atom. The molecule has 1 amide bonds. The van der Waals surface area contributed by atoms with Crippen molar-refractivity contribution in [2.24, 2.45) is 5.92 Å². The summed E-state index contributed by atoms with van der Waals surface area (Å²) in [4.78, 5) is 30.8. The third-order valence-corrected chi connectivity index (χ3v) is 8.81. The monoisotopic (exact) mass is 536 g/mol. The van der Waals surface area contributed by atoms with E-state index in [0.29, 0.717) is 31.6 Å². The first-order valence-corrected chi connectivity index (χ1v) is 13.1. The lowest BCUT2D eigenvalue weighted by Gasteiger charge is -2.16. The smallest absolute Gasteiger partial charge is 0.294 e. The number of halogens is 2. The largest absolute Gasteiger partial charge is 0.351 e. The van der Waals surface area contributed by atoms with Gasteiger partial charge in [-0.1, -0.05) is 65.3 Å². The summed E-state index contributed by atoms with van der Waals surface area (Å²) >= 11 is 14.4. The molecule has 178 valence electrons. The number of hydrogen-bond acceptors (Lipinski definition) is 7. The van der Waals surface area contributed by atoms with E-state index in [1.165, 1.54) is 24.0 Å². The second-order valence-electron chi connectivity index (χ2n) is 7.99. The second-order valence-corrected chi connectivity index (χ2v) is 11.1. The van der Waals surface area contributed by atoms with E-state index in [2.05, 4.69) is 39.5 Å². The number of thiophene rings is 1. The highest BCUT2D eigenvalue weighted by Gasteiger charge is 2.26. The standard InChI is InChI=1S/C23H22Cl2N4O3S2/c24-17-11-26-12-18(25)21(17)34-23-19(29(31)32)10-20(33-23)22(30)27-8-6-16-7-9-28(14-16)13-15-4-2-1-3-5-15/h1-5,10-12,16H,6-9,13-14H2,(H,27,30). The Bertz CT molecular complexity index is 1160. The summed E-state index contributed by atoms with van der Waals surface area (Å²) in [6.07, 6.45) is 4.81. The van der Waals surface area contributed by atoms with Crippen LogP contribution in [-0.4, -0.2) is 40.3 Å². The van der Waals surface area contributed by atoms with Crippen LogP contribution in [0.3, 0.4) is 0 Å². The lowest BCUT2D eigenvalue weighted by molar-refractivity contribution is -0.387. The quantitative estimate of drug-likeness (QED) is 0.260. The van der Waals surface area contributed by atoms with Gasteiger partial charge in [-0.15, -0.1) is 11.3 Å². The summed E-state index contributed by atoms with van der Waals surface area (Å²) in [5.74, 6) is 0.204. The molecular formula is C23H22Cl2N4O3S2. The number of pyridine rings is 1. The number of amides is 1. The minimum absolute atomic E-state index is 0.142. The number of carbonyl (C=O) groups is 1. The van der Waals surface area contributed by atoms with Crippen LogP contribution in [0.5, 0.6) is 0 Å². The first kappa shape index (κ1) is 24.9. The molecule has 0 bridgehead atoms. The van der Waals surface area contributed by atoms with E-state index in [1.807, 2.05) is 6.07 Å². The normalized spacial score (nSPS) is 16.0. The lowest BCUT2D eigenvalue weighted by Crippen LogP contribution is -2.26. The number of rotatable bonds is 9. The van der Waals surface area contributed by atoms with E-state index in [1.54, 1.807) is 0 Å². The van der Waals surface area contributed by atoms with Crippen LogP contribution in [0.15, 0.2) is 57.9 Å². The van der Waals surface area contributed by atoms with E-state index in [0.717, 1.165) is 55.6 Å². The van der Waals surface area contributed by atoms with Crippen molar-refractivity contribution in [1.29, 1.82) is 0 Å². The molecular weight excluding hydrogens is 515 g/mol. The maximum absolute atomic E-state index is 12.7. The summed E-state index contributed by atoms with van der Waals surface area (Å²) in [6, 6.07) is 11.7. The first-order valence-electron chi connectivity index (χ1n) is 10.7. The van der Waals surface area contributed by atoms with Crippen LogP contribution in [0.2, 0.25) is 10.0 Å². The van der Waals surface area contributed by atoms with Gasteiger partial charge < -0.3 is 5.32 Å². The van der Waals surface area contributed by atoms with Gasteiger partial charge in [-0.05, 0) is 30.9 Å². The minimum Gasteiger partial charge on any atom is -0.351 e. The van der Waals surface area contributed by atoms with Gasteiger partial charge in [0.1, 0.15) is 9.09 Å². The van der Waals surface area contributed by atoms with E-state index in [9.17, 15) is 14.9 Å². The number of benzene rings is 1. The highest BCUT2D eigenvalue weighted by atomic mass is 35.5. The van der Waals surface area contributed by atoms with Gasteiger partial charge in [0.25, 0.3) is 11.6 Å². The molecule has 1 fully saturated rings. The van der Waals surface area contributed by atoms with Crippen LogP contribution in [0.4, 0.5) is 5.69 Å².